The molecule has 0 amide bonds. The molecule has 0 spiro atoms. The van der Waals surface area contributed by atoms with Crippen LogP contribution < -0.4 is 5.32 Å². The maximum atomic E-state index is 4.16. The van der Waals surface area contributed by atoms with E-state index in [1.165, 1.54) is 32.1 Å². The smallest absolute Gasteiger partial charge is 0.137 e. The van der Waals surface area contributed by atoms with Crippen LogP contribution in [0.15, 0.2) is 12.7 Å². The van der Waals surface area contributed by atoms with Crippen molar-refractivity contribution in [3.8, 4) is 0 Å². The maximum absolute atomic E-state index is 4.16. The van der Waals surface area contributed by atoms with Gasteiger partial charge in [-0.2, -0.15) is 5.10 Å². The van der Waals surface area contributed by atoms with E-state index in [0.717, 1.165) is 24.3 Å². The number of fused-ring (bicyclic) bond motifs is 2. The Morgan fingerprint density at radius 2 is 2.16 bits per heavy atom. The minimum atomic E-state index is 0.454. The summed E-state index contributed by atoms with van der Waals surface area (Å²) >= 11 is 0. The van der Waals surface area contributed by atoms with E-state index < -0.39 is 0 Å². The van der Waals surface area contributed by atoms with Crippen LogP contribution >= 0.6 is 0 Å². The minimum Gasteiger partial charge on any atom is -0.310 e. The van der Waals surface area contributed by atoms with Crippen LogP contribution in [0.4, 0.5) is 0 Å². The van der Waals surface area contributed by atoms with E-state index >= 15 is 0 Å². The Balaban J connectivity index is 1.42. The lowest BCUT2D eigenvalue weighted by Crippen LogP contribution is -2.39. The molecule has 0 aromatic carbocycles. The van der Waals surface area contributed by atoms with Crippen molar-refractivity contribution in [2.45, 2.75) is 64.6 Å². The van der Waals surface area contributed by atoms with Crippen molar-refractivity contribution >= 4 is 0 Å². The zero-order chi connectivity index (χ0) is 13.2. The third-order valence-corrected chi connectivity index (χ3v) is 5.04. The van der Waals surface area contributed by atoms with Crippen LogP contribution in [0.2, 0.25) is 0 Å². The molecule has 0 saturated heterocycles. The molecule has 2 fully saturated rings. The van der Waals surface area contributed by atoms with Gasteiger partial charge in [-0.1, -0.05) is 6.42 Å². The molecule has 2 saturated carbocycles. The van der Waals surface area contributed by atoms with Gasteiger partial charge in [0, 0.05) is 12.1 Å². The zero-order valence-electron chi connectivity index (χ0n) is 12.1. The van der Waals surface area contributed by atoms with Crippen LogP contribution in [0, 0.1) is 17.8 Å². The zero-order valence-corrected chi connectivity index (χ0v) is 12.1. The number of aromatic nitrogens is 3. The van der Waals surface area contributed by atoms with E-state index in [-0.39, 0.29) is 0 Å². The van der Waals surface area contributed by atoms with Crippen molar-refractivity contribution in [2.24, 2.45) is 17.8 Å². The third kappa shape index (κ3) is 3.16. The molecule has 1 aromatic heterocycles. The summed E-state index contributed by atoms with van der Waals surface area (Å²) in [7, 11) is 0. The van der Waals surface area contributed by atoms with Crippen LogP contribution in [-0.4, -0.2) is 26.8 Å². The highest BCUT2D eigenvalue weighted by Gasteiger charge is 2.39. The Bertz CT molecular complexity index is 389. The Labute approximate surface area is 116 Å². The van der Waals surface area contributed by atoms with Gasteiger partial charge in [-0.05, 0) is 57.3 Å². The molecule has 0 unspecified atom stereocenters. The van der Waals surface area contributed by atoms with E-state index in [1.54, 1.807) is 12.7 Å². The van der Waals surface area contributed by atoms with Crippen molar-refractivity contribution in [3.63, 3.8) is 0 Å². The van der Waals surface area contributed by atoms with E-state index in [2.05, 4.69) is 29.2 Å². The van der Waals surface area contributed by atoms with Gasteiger partial charge >= 0.3 is 0 Å². The molecule has 19 heavy (non-hydrogen) atoms. The van der Waals surface area contributed by atoms with Gasteiger partial charge in [0.15, 0.2) is 0 Å². The lowest BCUT2D eigenvalue weighted by Gasteiger charge is -2.27. The van der Waals surface area contributed by atoms with Crippen LogP contribution in [-0.2, 0) is 6.54 Å². The van der Waals surface area contributed by atoms with Crippen LogP contribution in [0.5, 0.6) is 0 Å². The van der Waals surface area contributed by atoms with Gasteiger partial charge < -0.3 is 5.32 Å². The molecule has 1 heterocycles. The van der Waals surface area contributed by atoms with Crippen LogP contribution in [0.25, 0.3) is 0 Å². The highest BCUT2D eigenvalue weighted by atomic mass is 15.3. The first-order chi connectivity index (χ1) is 9.20. The predicted octanol–water partition coefficient (Wildman–Crippen LogP) is 2.47. The Morgan fingerprint density at radius 1 is 1.26 bits per heavy atom. The summed E-state index contributed by atoms with van der Waals surface area (Å²) in [4.78, 5) is 3.99. The largest absolute Gasteiger partial charge is 0.310 e. The molecule has 5 atom stereocenters. The molecule has 2 aliphatic carbocycles. The number of hydrogen-bond acceptors (Lipinski definition) is 3. The molecular weight excluding hydrogens is 236 g/mol. The molecular formula is C15H26N4. The second-order valence-electron chi connectivity index (χ2n) is 6.76. The van der Waals surface area contributed by atoms with Gasteiger partial charge in [-0.3, -0.25) is 4.68 Å². The van der Waals surface area contributed by atoms with E-state index in [9.17, 15) is 0 Å². The molecule has 2 bridgehead atoms. The van der Waals surface area contributed by atoms with Gasteiger partial charge in [-0.15, -0.1) is 0 Å². The van der Waals surface area contributed by atoms with Gasteiger partial charge in [0.05, 0.1) is 6.54 Å². The summed E-state index contributed by atoms with van der Waals surface area (Å²) in [5.41, 5.74) is 0. The highest BCUT2D eigenvalue weighted by Crippen LogP contribution is 2.49. The summed E-state index contributed by atoms with van der Waals surface area (Å²) in [6.45, 7) is 5.48. The fraction of sp³-hybridized carbons (Fsp3) is 0.867. The molecule has 0 radical (unpaired) electrons. The molecule has 1 aromatic rings. The summed E-state index contributed by atoms with van der Waals surface area (Å²) in [6, 6.07) is 1.07. The fourth-order valence-corrected chi connectivity index (χ4v) is 4.33. The number of nitrogens with one attached hydrogen (secondary N) is 1. The quantitative estimate of drug-likeness (QED) is 0.856. The molecule has 1 N–H and O–H groups in total. The predicted molar refractivity (Wildman–Crippen MR) is 75.6 cm³/mol. The normalized spacial score (nSPS) is 32.6. The lowest BCUT2D eigenvalue weighted by atomic mass is 9.84. The summed E-state index contributed by atoms with van der Waals surface area (Å²) < 4.78 is 1.90. The third-order valence-electron chi connectivity index (χ3n) is 5.04. The SMILES string of the molecule is C[C@H](C[C@@H]1C[C@H]2CC[C@H]1C2)N[C@H](C)Cn1cncn1. The monoisotopic (exact) mass is 262 g/mol. The molecule has 4 nitrogen and oxygen atoms in total. The lowest BCUT2D eigenvalue weighted by molar-refractivity contribution is 0.271. The number of hydrogen-bond donors (Lipinski definition) is 1. The fourth-order valence-electron chi connectivity index (χ4n) is 4.33. The Hall–Kier alpha value is -0.900. The summed E-state index contributed by atoms with van der Waals surface area (Å²) in [5, 5.41) is 7.88. The average Bonchev–Trinajstić information content (AvgIpc) is 3.04. The molecule has 3 rings (SSSR count). The minimum absolute atomic E-state index is 0.454. The van der Waals surface area contributed by atoms with Crippen molar-refractivity contribution in [3.05, 3.63) is 12.7 Å². The van der Waals surface area contributed by atoms with Crippen molar-refractivity contribution in [1.29, 1.82) is 0 Å². The van der Waals surface area contributed by atoms with Gasteiger partial charge in [0.25, 0.3) is 0 Å². The van der Waals surface area contributed by atoms with E-state index in [4.69, 9.17) is 0 Å². The first-order valence-electron chi connectivity index (χ1n) is 7.79. The topological polar surface area (TPSA) is 42.7 Å². The van der Waals surface area contributed by atoms with Crippen molar-refractivity contribution < 1.29 is 0 Å². The highest BCUT2D eigenvalue weighted by molar-refractivity contribution is 4.91. The molecule has 106 valence electrons. The Kier molecular flexibility index (Phi) is 3.87. The molecule has 0 aliphatic heterocycles. The molecule has 2 aliphatic rings. The second-order valence-corrected chi connectivity index (χ2v) is 6.76. The van der Waals surface area contributed by atoms with Gasteiger partial charge in [0.1, 0.15) is 12.7 Å². The van der Waals surface area contributed by atoms with Gasteiger partial charge in [-0.25, -0.2) is 4.98 Å². The number of rotatable bonds is 6. The summed E-state index contributed by atoms with van der Waals surface area (Å²) in [6.07, 6.45) is 10.8. The van der Waals surface area contributed by atoms with E-state index in [1.807, 2.05) is 4.68 Å². The van der Waals surface area contributed by atoms with Crippen LogP contribution in [0.3, 0.4) is 0 Å². The Morgan fingerprint density at radius 3 is 2.79 bits per heavy atom. The number of nitrogens with zero attached hydrogens (tertiary/aromatic N) is 3. The van der Waals surface area contributed by atoms with Crippen molar-refractivity contribution in [2.75, 3.05) is 0 Å². The first kappa shape index (κ1) is 13.1. The van der Waals surface area contributed by atoms with Crippen molar-refractivity contribution in [1.82, 2.24) is 20.1 Å². The standard InChI is InChI=1S/C15H26N4/c1-11(5-15-7-13-3-4-14(15)6-13)18-12(2)8-19-10-16-9-17-19/h9-15,18H,3-8H2,1-2H3/t11-,12-,13+,14+,15-/m1/s1. The summed E-state index contributed by atoms with van der Waals surface area (Å²) in [5.74, 6) is 3.09. The van der Waals surface area contributed by atoms with Crippen LogP contribution in [0.1, 0.15) is 46.0 Å². The maximum Gasteiger partial charge on any atom is 0.137 e. The first-order valence-corrected chi connectivity index (χ1v) is 7.79. The average molecular weight is 262 g/mol. The van der Waals surface area contributed by atoms with Gasteiger partial charge in [0.2, 0.25) is 0 Å². The second kappa shape index (κ2) is 5.61. The van der Waals surface area contributed by atoms with E-state index in [0.29, 0.717) is 12.1 Å². The molecule has 4 heteroatoms.